The molecule has 0 unspecified atom stereocenters. The van der Waals surface area contributed by atoms with Gasteiger partial charge in [0.15, 0.2) is 0 Å². The van der Waals surface area contributed by atoms with Crippen LogP contribution in [0.4, 0.5) is 0 Å². The molecule has 4 nitrogen and oxygen atoms in total. The largest absolute Gasteiger partial charge is 0.300 e. The lowest BCUT2D eigenvalue weighted by Gasteiger charge is -2.07. The molecular weight excluding hydrogens is 204 g/mol. The average molecular weight is 216 g/mol. The Bertz CT molecular complexity index is 614. The number of rotatable bonds is 2. The van der Waals surface area contributed by atoms with Crippen molar-refractivity contribution in [1.82, 2.24) is 9.55 Å². The van der Waals surface area contributed by atoms with Crippen molar-refractivity contribution in [2.24, 2.45) is 7.05 Å². The number of hydrogen-bond acceptors (Lipinski definition) is 3. The Balaban J connectivity index is 2.74. The van der Waals surface area contributed by atoms with E-state index in [0.29, 0.717) is 16.7 Å². The second-order valence-corrected chi connectivity index (χ2v) is 3.79. The fourth-order valence-corrected chi connectivity index (χ4v) is 1.64. The molecule has 16 heavy (non-hydrogen) atoms. The van der Waals surface area contributed by atoms with Crippen molar-refractivity contribution in [3.63, 3.8) is 0 Å². The van der Waals surface area contributed by atoms with E-state index in [1.54, 1.807) is 25.2 Å². The van der Waals surface area contributed by atoms with Gasteiger partial charge in [0.25, 0.3) is 5.56 Å². The molecule has 0 spiro atoms. The molecule has 1 aromatic heterocycles. The average Bonchev–Trinajstić information content (AvgIpc) is 2.25. The summed E-state index contributed by atoms with van der Waals surface area (Å²) in [6.45, 7) is 1.49. The molecule has 0 amide bonds. The molecule has 0 N–H and O–H groups in total. The molecule has 0 saturated heterocycles. The van der Waals surface area contributed by atoms with Gasteiger partial charge in [-0.25, -0.2) is 4.98 Å². The van der Waals surface area contributed by atoms with E-state index in [4.69, 9.17) is 0 Å². The van der Waals surface area contributed by atoms with Gasteiger partial charge in [-0.05, 0) is 19.1 Å². The first-order valence-electron chi connectivity index (χ1n) is 5.03. The molecule has 0 aliphatic carbocycles. The van der Waals surface area contributed by atoms with Crippen molar-refractivity contribution < 1.29 is 4.79 Å². The minimum atomic E-state index is -0.109. The number of para-hydroxylation sites is 1. The zero-order chi connectivity index (χ0) is 11.7. The van der Waals surface area contributed by atoms with Gasteiger partial charge in [-0.15, -0.1) is 0 Å². The molecule has 1 heterocycles. The Morgan fingerprint density at radius 2 is 2.06 bits per heavy atom. The van der Waals surface area contributed by atoms with E-state index in [-0.39, 0.29) is 17.8 Å². The van der Waals surface area contributed by atoms with Gasteiger partial charge >= 0.3 is 0 Å². The van der Waals surface area contributed by atoms with Crippen LogP contribution < -0.4 is 5.56 Å². The highest BCUT2D eigenvalue weighted by Crippen LogP contribution is 2.07. The lowest BCUT2D eigenvalue weighted by molar-refractivity contribution is -0.116. The number of nitrogens with zero attached hydrogens (tertiary/aromatic N) is 2. The highest BCUT2D eigenvalue weighted by atomic mass is 16.1. The lowest BCUT2D eigenvalue weighted by Crippen LogP contribution is -2.23. The molecule has 1 aromatic carbocycles. The van der Waals surface area contributed by atoms with Crippen LogP contribution in [-0.4, -0.2) is 15.3 Å². The monoisotopic (exact) mass is 216 g/mol. The molecule has 0 saturated carbocycles. The Kier molecular flexibility index (Phi) is 2.56. The number of ketones is 1. The number of carbonyl (C=O) groups is 1. The first-order chi connectivity index (χ1) is 7.59. The summed E-state index contributed by atoms with van der Waals surface area (Å²) in [7, 11) is 1.64. The van der Waals surface area contributed by atoms with E-state index in [1.807, 2.05) is 6.07 Å². The quantitative estimate of drug-likeness (QED) is 0.754. The van der Waals surface area contributed by atoms with Crippen LogP contribution in [-0.2, 0) is 18.3 Å². The molecule has 0 aliphatic heterocycles. The summed E-state index contributed by atoms with van der Waals surface area (Å²) >= 11 is 0. The molecule has 4 heteroatoms. The van der Waals surface area contributed by atoms with Crippen molar-refractivity contribution >= 4 is 16.7 Å². The van der Waals surface area contributed by atoms with Crippen molar-refractivity contribution in [3.8, 4) is 0 Å². The van der Waals surface area contributed by atoms with Crippen LogP contribution in [0.5, 0.6) is 0 Å². The molecule has 2 rings (SSSR count). The number of aromatic nitrogens is 2. The zero-order valence-corrected chi connectivity index (χ0v) is 9.23. The van der Waals surface area contributed by atoms with Crippen molar-refractivity contribution in [2.75, 3.05) is 0 Å². The molecular formula is C12H12N2O2. The van der Waals surface area contributed by atoms with Crippen molar-refractivity contribution in [1.29, 1.82) is 0 Å². The van der Waals surface area contributed by atoms with Crippen LogP contribution in [0.3, 0.4) is 0 Å². The Morgan fingerprint density at radius 3 is 2.75 bits per heavy atom. The summed E-state index contributed by atoms with van der Waals surface area (Å²) in [4.78, 5) is 27.3. The fourth-order valence-electron chi connectivity index (χ4n) is 1.64. The summed E-state index contributed by atoms with van der Waals surface area (Å²) in [5.74, 6) is 0.508. The molecule has 0 atom stereocenters. The predicted octanol–water partition coefficient (Wildman–Crippen LogP) is 1.06. The van der Waals surface area contributed by atoms with E-state index in [2.05, 4.69) is 4.98 Å². The van der Waals surface area contributed by atoms with E-state index in [9.17, 15) is 9.59 Å². The van der Waals surface area contributed by atoms with Gasteiger partial charge in [0.05, 0.1) is 17.3 Å². The first-order valence-corrected chi connectivity index (χ1v) is 5.03. The number of fused-ring (bicyclic) bond motifs is 1. The number of hydrogen-bond donors (Lipinski definition) is 0. The van der Waals surface area contributed by atoms with E-state index in [1.165, 1.54) is 11.5 Å². The van der Waals surface area contributed by atoms with E-state index in [0.717, 1.165) is 0 Å². The van der Waals surface area contributed by atoms with Gasteiger partial charge in [0.2, 0.25) is 0 Å². The number of benzene rings is 1. The van der Waals surface area contributed by atoms with Gasteiger partial charge < -0.3 is 0 Å². The highest BCUT2D eigenvalue weighted by molar-refractivity contribution is 5.80. The third-order valence-corrected chi connectivity index (χ3v) is 2.48. The third-order valence-electron chi connectivity index (χ3n) is 2.48. The van der Waals surface area contributed by atoms with Crippen LogP contribution in [0.25, 0.3) is 10.9 Å². The minimum Gasteiger partial charge on any atom is -0.300 e. The summed E-state index contributed by atoms with van der Waals surface area (Å²) < 4.78 is 1.43. The molecule has 0 radical (unpaired) electrons. The standard InChI is InChI=1S/C12H12N2O2/c1-8(15)7-11-13-10-6-4-3-5-9(10)12(16)14(11)2/h3-6H,7H2,1-2H3. The van der Waals surface area contributed by atoms with Gasteiger partial charge in [0, 0.05) is 7.05 Å². The van der Waals surface area contributed by atoms with Crippen LogP contribution in [0.15, 0.2) is 29.1 Å². The third kappa shape index (κ3) is 1.74. The first kappa shape index (κ1) is 10.5. The van der Waals surface area contributed by atoms with Gasteiger partial charge in [-0.3, -0.25) is 14.2 Å². The van der Waals surface area contributed by atoms with E-state index < -0.39 is 0 Å². The van der Waals surface area contributed by atoms with Gasteiger partial charge in [-0.1, -0.05) is 12.1 Å². The SMILES string of the molecule is CC(=O)Cc1nc2ccccc2c(=O)n1C. The van der Waals surface area contributed by atoms with Gasteiger partial charge in [0.1, 0.15) is 11.6 Å². The Labute approximate surface area is 92.5 Å². The van der Waals surface area contributed by atoms with Crippen molar-refractivity contribution in [3.05, 3.63) is 40.4 Å². The smallest absolute Gasteiger partial charge is 0.261 e. The molecule has 82 valence electrons. The summed E-state index contributed by atoms with van der Waals surface area (Å²) in [6.07, 6.45) is 0.191. The van der Waals surface area contributed by atoms with Gasteiger partial charge in [-0.2, -0.15) is 0 Å². The lowest BCUT2D eigenvalue weighted by atomic mass is 10.2. The van der Waals surface area contributed by atoms with Crippen LogP contribution in [0.2, 0.25) is 0 Å². The van der Waals surface area contributed by atoms with E-state index >= 15 is 0 Å². The maximum atomic E-state index is 11.9. The normalized spacial score (nSPS) is 10.6. The minimum absolute atomic E-state index is 0.00205. The summed E-state index contributed by atoms with van der Waals surface area (Å²) in [5.41, 5.74) is 0.531. The molecule has 0 fully saturated rings. The van der Waals surface area contributed by atoms with Crippen LogP contribution in [0, 0.1) is 0 Å². The molecule has 2 aromatic rings. The summed E-state index contributed by atoms with van der Waals surface area (Å²) in [6, 6.07) is 7.14. The zero-order valence-electron chi connectivity index (χ0n) is 9.23. The van der Waals surface area contributed by atoms with Crippen LogP contribution >= 0.6 is 0 Å². The number of Topliss-reactive ketones (excluding diaryl/α,β-unsaturated/α-hetero) is 1. The maximum Gasteiger partial charge on any atom is 0.261 e. The highest BCUT2D eigenvalue weighted by Gasteiger charge is 2.08. The Morgan fingerprint density at radius 1 is 1.38 bits per heavy atom. The van der Waals surface area contributed by atoms with Crippen molar-refractivity contribution in [2.45, 2.75) is 13.3 Å². The number of carbonyl (C=O) groups excluding carboxylic acids is 1. The fraction of sp³-hybridized carbons (Fsp3) is 0.250. The second kappa shape index (κ2) is 3.89. The Hall–Kier alpha value is -1.97. The van der Waals surface area contributed by atoms with Crippen LogP contribution in [0.1, 0.15) is 12.7 Å². The topological polar surface area (TPSA) is 52.0 Å². The molecule has 0 aliphatic rings. The summed E-state index contributed by atoms with van der Waals surface area (Å²) in [5, 5.41) is 0.581. The maximum absolute atomic E-state index is 11.9. The predicted molar refractivity (Wildman–Crippen MR) is 61.4 cm³/mol. The molecule has 0 bridgehead atoms. The second-order valence-electron chi connectivity index (χ2n) is 3.79.